The number of ether oxygens (including phenoxy) is 2. The summed E-state index contributed by atoms with van der Waals surface area (Å²) in [4.78, 5) is 4.12. The third kappa shape index (κ3) is 2.21. The van der Waals surface area contributed by atoms with Crippen LogP contribution in [-0.2, 0) is 6.61 Å². The summed E-state index contributed by atoms with van der Waals surface area (Å²) in [5, 5.41) is 15.5. The van der Waals surface area contributed by atoms with Crippen molar-refractivity contribution in [3.05, 3.63) is 24.0 Å². The number of methoxy groups -OCH3 is 2. The Balaban J connectivity index is 2.38. The molecule has 2 N–H and O–H groups in total. The van der Waals surface area contributed by atoms with E-state index in [1.807, 2.05) is 6.07 Å². The fourth-order valence-corrected chi connectivity index (χ4v) is 1.47. The second-order valence-corrected chi connectivity index (χ2v) is 3.33. The molecule has 0 aliphatic carbocycles. The largest absolute Gasteiger partial charge is 0.493 e. The van der Waals surface area contributed by atoms with E-state index in [1.54, 1.807) is 26.4 Å². The Morgan fingerprint density at radius 3 is 2.59 bits per heavy atom. The quantitative estimate of drug-likeness (QED) is 0.825. The lowest BCUT2D eigenvalue weighted by molar-refractivity contribution is 0.272. The first kappa shape index (κ1) is 11.4. The molecule has 0 aliphatic heterocycles. The summed E-state index contributed by atoms with van der Waals surface area (Å²) in [6.07, 6.45) is 0. The van der Waals surface area contributed by atoms with E-state index in [-0.39, 0.29) is 6.61 Å². The molecule has 0 radical (unpaired) electrons. The van der Waals surface area contributed by atoms with E-state index in [1.165, 1.54) is 0 Å². The summed E-state index contributed by atoms with van der Waals surface area (Å²) in [5.41, 5.74) is 0.790. The Kier molecular flexibility index (Phi) is 3.24. The number of aliphatic hydroxyl groups is 1. The standard InChI is InChI=1S/C11H13N3O3/c1-16-8-4-3-7(5-9(8)17-2)11-12-10(6-15)13-14-11/h3-5,15H,6H2,1-2H3,(H,12,13,14). The summed E-state index contributed by atoms with van der Waals surface area (Å²) in [5.74, 6) is 2.19. The van der Waals surface area contributed by atoms with Gasteiger partial charge in [-0.3, -0.25) is 5.10 Å². The number of benzene rings is 1. The Morgan fingerprint density at radius 1 is 1.24 bits per heavy atom. The minimum absolute atomic E-state index is 0.166. The summed E-state index contributed by atoms with van der Waals surface area (Å²) in [6, 6.07) is 5.39. The Hall–Kier alpha value is -2.08. The number of aromatic nitrogens is 3. The van der Waals surface area contributed by atoms with E-state index in [0.29, 0.717) is 23.1 Å². The van der Waals surface area contributed by atoms with Crippen molar-refractivity contribution in [1.29, 1.82) is 0 Å². The normalized spacial score (nSPS) is 10.3. The molecule has 0 spiro atoms. The molecule has 0 unspecified atom stereocenters. The number of aliphatic hydroxyl groups excluding tert-OH is 1. The third-order valence-electron chi connectivity index (χ3n) is 2.32. The number of rotatable bonds is 4. The topological polar surface area (TPSA) is 80.3 Å². The van der Waals surface area contributed by atoms with Crippen molar-refractivity contribution in [2.24, 2.45) is 0 Å². The van der Waals surface area contributed by atoms with Crippen molar-refractivity contribution in [3.8, 4) is 22.9 Å². The van der Waals surface area contributed by atoms with Gasteiger partial charge in [-0.15, -0.1) is 0 Å². The van der Waals surface area contributed by atoms with E-state index >= 15 is 0 Å². The van der Waals surface area contributed by atoms with Crippen LogP contribution in [0.1, 0.15) is 5.82 Å². The van der Waals surface area contributed by atoms with E-state index in [2.05, 4.69) is 15.2 Å². The predicted octanol–water partition coefficient (Wildman–Crippen LogP) is 0.981. The predicted molar refractivity (Wildman–Crippen MR) is 60.8 cm³/mol. The average molecular weight is 235 g/mol. The van der Waals surface area contributed by atoms with Crippen LogP contribution in [0, 0.1) is 0 Å². The third-order valence-corrected chi connectivity index (χ3v) is 2.32. The van der Waals surface area contributed by atoms with Gasteiger partial charge in [0, 0.05) is 5.56 Å². The highest BCUT2D eigenvalue weighted by Gasteiger charge is 2.09. The fraction of sp³-hybridized carbons (Fsp3) is 0.273. The van der Waals surface area contributed by atoms with Crippen molar-refractivity contribution in [3.63, 3.8) is 0 Å². The van der Waals surface area contributed by atoms with Gasteiger partial charge in [0.2, 0.25) is 0 Å². The number of hydrogen-bond acceptors (Lipinski definition) is 5. The van der Waals surface area contributed by atoms with Crippen molar-refractivity contribution < 1.29 is 14.6 Å². The first-order chi connectivity index (χ1) is 8.28. The molecule has 90 valence electrons. The van der Waals surface area contributed by atoms with Crippen LogP contribution >= 0.6 is 0 Å². The molecule has 0 fully saturated rings. The molecule has 0 atom stereocenters. The van der Waals surface area contributed by atoms with E-state index in [0.717, 1.165) is 5.56 Å². The number of nitrogens with zero attached hydrogens (tertiary/aromatic N) is 2. The first-order valence-electron chi connectivity index (χ1n) is 5.03. The molecule has 0 saturated carbocycles. The average Bonchev–Trinajstić information content (AvgIpc) is 2.86. The minimum atomic E-state index is -0.166. The number of H-pyrrole nitrogens is 1. The maximum absolute atomic E-state index is 8.90. The zero-order valence-corrected chi connectivity index (χ0v) is 9.60. The van der Waals surface area contributed by atoms with Crippen LogP contribution in [0.3, 0.4) is 0 Å². The molecular formula is C11H13N3O3. The van der Waals surface area contributed by atoms with Gasteiger partial charge >= 0.3 is 0 Å². The monoisotopic (exact) mass is 235 g/mol. The van der Waals surface area contributed by atoms with Crippen LogP contribution in [0.5, 0.6) is 11.5 Å². The van der Waals surface area contributed by atoms with Crippen LogP contribution < -0.4 is 9.47 Å². The number of nitrogens with one attached hydrogen (secondary N) is 1. The molecule has 17 heavy (non-hydrogen) atoms. The SMILES string of the molecule is COc1ccc(-c2n[nH]c(CO)n2)cc1OC. The van der Waals surface area contributed by atoms with Gasteiger partial charge in [-0.25, -0.2) is 4.98 Å². The van der Waals surface area contributed by atoms with Crippen molar-refractivity contribution in [2.45, 2.75) is 6.61 Å². The second-order valence-electron chi connectivity index (χ2n) is 3.33. The van der Waals surface area contributed by atoms with Crippen LogP contribution in [0.25, 0.3) is 11.4 Å². The van der Waals surface area contributed by atoms with Crippen LogP contribution in [-0.4, -0.2) is 34.5 Å². The van der Waals surface area contributed by atoms with E-state index < -0.39 is 0 Å². The van der Waals surface area contributed by atoms with Gasteiger partial charge in [0.05, 0.1) is 14.2 Å². The molecule has 6 nitrogen and oxygen atoms in total. The number of aromatic amines is 1. The minimum Gasteiger partial charge on any atom is -0.493 e. The van der Waals surface area contributed by atoms with Crippen LogP contribution in [0.15, 0.2) is 18.2 Å². The molecule has 2 rings (SSSR count). The van der Waals surface area contributed by atoms with Gasteiger partial charge < -0.3 is 14.6 Å². The summed E-state index contributed by atoms with van der Waals surface area (Å²) < 4.78 is 10.3. The van der Waals surface area contributed by atoms with E-state index in [9.17, 15) is 0 Å². The molecule has 0 aliphatic rings. The van der Waals surface area contributed by atoms with Gasteiger partial charge in [0.25, 0.3) is 0 Å². The maximum atomic E-state index is 8.90. The molecule has 0 bridgehead atoms. The van der Waals surface area contributed by atoms with Crippen molar-refractivity contribution in [1.82, 2.24) is 15.2 Å². The zero-order chi connectivity index (χ0) is 12.3. The molecule has 1 heterocycles. The highest BCUT2D eigenvalue weighted by Crippen LogP contribution is 2.30. The molecule has 1 aromatic carbocycles. The Morgan fingerprint density at radius 2 is 2.00 bits per heavy atom. The molecule has 6 heteroatoms. The second kappa shape index (κ2) is 4.84. The fourth-order valence-electron chi connectivity index (χ4n) is 1.47. The van der Waals surface area contributed by atoms with Crippen LogP contribution in [0.2, 0.25) is 0 Å². The summed E-state index contributed by atoms with van der Waals surface area (Å²) in [7, 11) is 3.15. The van der Waals surface area contributed by atoms with E-state index in [4.69, 9.17) is 14.6 Å². The van der Waals surface area contributed by atoms with Crippen molar-refractivity contribution in [2.75, 3.05) is 14.2 Å². The lowest BCUT2D eigenvalue weighted by Crippen LogP contribution is -1.91. The maximum Gasteiger partial charge on any atom is 0.181 e. The van der Waals surface area contributed by atoms with Gasteiger partial charge in [0.15, 0.2) is 23.1 Å². The molecule has 0 saturated heterocycles. The molecule has 2 aromatic rings. The highest BCUT2D eigenvalue weighted by atomic mass is 16.5. The molecule has 0 amide bonds. The summed E-state index contributed by atoms with van der Waals surface area (Å²) in [6.45, 7) is -0.166. The lowest BCUT2D eigenvalue weighted by atomic mass is 10.2. The van der Waals surface area contributed by atoms with Gasteiger partial charge in [0.1, 0.15) is 6.61 Å². The van der Waals surface area contributed by atoms with Gasteiger partial charge in [-0.2, -0.15) is 5.10 Å². The molecule has 1 aromatic heterocycles. The van der Waals surface area contributed by atoms with Crippen molar-refractivity contribution >= 4 is 0 Å². The number of hydrogen-bond donors (Lipinski definition) is 2. The first-order valence-corrected chi connectivity index (χ1v) is 5.03. The smallest absolute Gasteiger partial charge is 0.181 e. The zero-order valence-electron chi connectivity index (χ0n) is 9.60. The van der Waals surface area contributed by atoms with Gasteiger partial charge in [-0.1, -0.05) is 0 Å². The lowest BCUT2D eigenvalue weighted by Gasteiger charge is -2.07. The highest BCUT2D eigenvalue weighted by molar-refractivity contribution is 5.60. The molecular weight excluding hydrogens is 222 g/mol. The Bertz CT molecular complexity index is 510. The van der Waals surface area contributed by atoms with Crippen LogP contribution in [0.4, 0.5) is 0 Å². The Labute approximate surface area is 98.2 Å². The summed E-state index contributed by atoms with van der Waals surface area (Å²) >= 11 is 0. The van der Waals surface area contributed by atoms with Gasteiger partial charge in [-0.05, 0) is 18.2 Å².